The second-order valence-corrected chi connectivity index (χ2v) is 21.0. The van der Waals surface area contributed by atoms with Crippen LogP contribution in [-0.4, -0.2) is 83.1 Å². The van der Waals surface area contributed by atoms with Gasteiger partial charge in [0.1, 0.15) is 24.4 Å². The van der Waals surface area contributed by atoms with Gasteiger partial charge in [-0.15, -0.1) is 0 Å². The second-order valence-electron chi connectivity index (χ2n) is 19.5. The third-order valence-electron chi connectivity index (χ3n) is 13.3. The molecule has 0 saturated carbocycles. The highest BCUT2D eigenvalue weighted by Gasteiger charge is 2.29. The molecule has 406 valence electrons. The molecular formula is C56H92N5O10P. The lowest BCUT2D eigenvalue weighted by Crippen LogP contribution is -2.51. The highest BCUT2D eigenvalue weighted by Crippen LogP contribution is 2.43. The zero-order chi connectivity index (χ0) is 52.2. The number of aromatic nitrogens is 1. The molecule has 7 N–H and O–H groups in total. The SMILES string of the molecule is CCCCCCCCCCCCCC(O)CCNC(=O)[C@H](COP(=O)(O)OCCNC(=O)[C@@H](NC(=O)Cc1c[nH]c2ccc(OCc3ccccc3)cc12)[C@@H](C)CC)NC(=O)CCCCCCCCCCC. The van der Waals surface area contributed by atoms with Crippen molar-refractivity contribution in [2.75, 3.05) is 26.3 Å². The number of benzene rings is 2. The molecule has 3 aromatic rings. The Morgan fingerprint density at radius 2 is 1.28 bits per heavy atom. The minimum atomic E-state index is -4.76. The molecule has 72 heavy (non-hydrogen) atoms. The molecule has 4 amide bonds. The molecule has 16 heteroatoms. The first kappa shape index (κ1) is 62.0. The minimum absolute atomic E-state index is 0.0106. The van der Waals surface area contributed by atoms with Crippen LogP contribution < -0.4 is 26.0 Å². The van der Waals surface area contributed by atoms with Gasteiger partial charge in [0, 0.05) is 36.6 Å². The van der Waals surface area contributed by atoms with Crippen LogP contribution in [0.1, 0.15) is 193 Å². The molecule has 1 aromatic heterocycles. The van der Waals surface area contributed by atoms with Crippen molar-refractivity contribution in [1.29, 1.82) is 0 Å². The van der Waals surface area contributed by atoms with Gasteiger partial charge < -0.3 is 41.0 Å². The van der Waals surface area contributed by atoms with Gasteiger partial charge in [0.25, 0.3) is 0 Å². The van der Waals surface area contributed by atoms with Crippen molar-refractivity contribution in [1.82, 2.24) is 26.3 Å². The van der Waals surface area contributed by atoms with Crippen molar-refractivity contribution in [3.8, 4) is 5.75 Å². The Morgan fingerprint density at radius 3 is 1.90 bits per heavy atom. The minimum Gasteiger partial charge on any atom is -0.489 e. The first-order valence-electron chi connectivity index (χ1n) is 27.6. The van der Waals surface area contributed by atoms with E-state index in [0.29, 0.717) is 38.0 Å². The lowest BCUT2D eigenvalue weighted by Gasteiger charge is -2.24. The third kappa shape index (κ3) is 27.1. The highest BCUT2D eigenvalue weighted by atomic mass is 31.2. The normalized spacial score (nSPS) is 14.0. The van der Waals surface area contributed by atoms with Gasteiger partial charge in [0.05, 0.1) is 25.7 Å². The number of carbonyl (C=O) groups is 4. The summed E-state index contributed by atoms with van der Waals surface area (Å²) in [5.74, 6) is -1.40. The van der Waals surface area contributed by atoms with E-state index >= 15 is 0 Å². The first-order valence-corrected chi connectivity index (χ1v) is 29.1. The van der Waals surface area contributed by atoms with E-state index in [-0.39, 0.29) is 43.7 Å². The number of hydrogen-bond acceptors (Lipinski definition) is 9. The van der Waals surface area contributed by atoms with Gasteiger partial charge in [-0.05, 0) is 54.5 Å². The molecule has 2 unspecified atom stereocenters. The third-order valence-corrected chi connectivity index (χ3v) is 14.3. The van der Waals surface area contributed by atoms with Crippen molar-refractivity contribution in [2.24, 2.45) is 5.92 Å². The van der Waals surface area contributed by atoms with Gasteiger partial charge in [-0.3, -0.25) is 28.2 Å². The number of phosphoric acid groups is 1. The number of nitrogens with one attached hydrogen (secondary N) is 5. The first-order chi connectivity index (χ1) is 34.8. The van der Waals surface area contributed by atoms with E-state index in [2.05, 4.69) is 40.1 Å². The van der Waals surface area contributed by atoms with Crippen LogP contribution >= 0.6 is 7.82 Å². The average Bonchev–Trinajstić information content (AvgIpc) is 3.77. The summed E-state index contributed by atoms with van der Waals surface area (Å²) < 4.78 is 29.4. The Kier molecular flexibility index (Phi) is 32.3. The molecule has 5 atom stereocenters. The van der Waals surface area contributed by atoms with Crippen LogP contribution in [0.15, 0.2) is 54.7 Å². The molecule has 0 spiro atoms. The number of carbonyl (C=O) groups excluding carboxylic acids is 4. The molecule has 0 fully saturated rings. The number of aromatic amines is 1. The monoisotopic (exact) mass is 1030 g/mol. The number of H-pyrrole nitrogens is 1. The standard InChI is InChI=1S/C56H92N5O10P/c1-5-8-10-12-14-16-17-19-20-22-27-31-47(62)35-36-57-55(65)51(60-52(63)32-28-23-21-18-15-13-11-9-6-2)43-71-72(67,68)70-38-37-58-56(66)54(44(4)7-3)61-53(64)39-46-41-59-50-34-33-48(40-49(46)50)69-42-45-29-25-24-26-30-45/h24-26,29-30,33-34,40-41,44,47,51,54,59,62H,5-23,27-28,31-32,35-39,42-43H2,1-4H3,(H,57,65)(H,58,66)(H,60,63)(H,61,64)(H,67,68)/t44-,47?,51-,54-/m0/s1. The lowest BCUT2D eigenvalue weighted by molar-refractivity contribution is -0.130. The van der Waals surface area contributed by atoms with Gasteiger partial charge in [0.15, 0.2) is 0 Å². The summed E-state index contributed by atoms with van der Waals surface area (Å²) in [6, 6.07) is 13.3. The summed E-state index contributed by atoms with van der Waals surface area (Å²) in [5.41, 5.74) is 2.62. The molecule has 0 aliphatic rings. The Balaban J connectivity index is 1.46. The molecule has 0 radical (unpaired) electrons. The Hall–Kier alpha value is -4.27. The second kappa shape index (κ2) is 37.5. The number of hydrogen-bond donors (Lipinski definition) is 7. The molecule has 1 heterocycles. The molecule has 0 aliphatic heterocycles. The van der Waals surface area contributed by atoms with E-state index in [1.807, 2.05) is 62.4 Å². The summed E-state index contributed by atoms with van der Waals surface area (Å²) >= 11 is 0. The molecule has 0 saturated heterocycles. The topological polar surface area (TPSA) is 217 Å². The van der Waals surface area contributed by atoms with Gasteiger partial charge in [-0.25, -0.2) is 4.57 Å². The summed E-state index contributed by atoms with van der Waals surface area (Å²) in [4.78, 5) is 67.0. The smallest absolute Gasteiger partial charge is 0.472 e. The predicted molar refractivity (Wildman–Crippen MR) is 287 cm³/mol. The largest absolute Gasteiger partial charge is 0.489 e. The number of unbranched alkanes of at least 4 members (excludes halogenated alkanes) is 18. The van der Waals surface area contributed by atoms with E-state index in [4.69, 9.17) is 13.8 Å². The molecule has 2 aromatic carbocycles. The Bertz CT molecular complexity index is 2000. The van der Waals surface area contributed by atoms with Crippen LogP contribution in [0.5, 0.6) is 5.75 Å². The van der Waals surface area contributed by atoms with Crippen LogP contribution in [0, 0.1) is 5.92 Å². The molecular weight excluding hydrogens is 934 g/mol. The van der Waals surface area contributed by atoms with Crippen molar-refractivity contribution in [3.05, 3.63) is 65.9 Å². The highest BCUT2D eigenvalue weighted by molar-refractivity contribution is 7.47. The summed E-state index contributed by atoms with van der Waals surface area (Å²) in [6.45, 7) is 7.51. The van der Waals surface area contributed by atoms with E-state index < -0.39 is 51.0 Å². The number of ether oxygens (including phenoxy) is 1. The van der Waals surface area contributed by atoms with E-state index in [1.54, 1.807) is 6.20 Å². The summed E-state index contributed by atoms with van der Waals surface area (Å²) in [6.07, 6.45) is 26.1. The van der Waals surface area contributed by atoms with Gasteiger partial charge in [-0.2, -0.15) is 0 Å². The quantitative estimate of drug-likeness (QED) is 0.0210. The fourth-order valence-electron chi connectivity index (χ4n) is 8.60. The van der Waals surface area contributed by atoms with Crippen molar-refractivity contribution < 1.29 is 47.5 Å². The van der Waals surface area contributed by atoms with Crippen LogP contribution in [0.4, 0.5) is 0 Å². The Morgan fingerprint density at radius 1 is 0.681 bits per heavy atom. The van der Waals surface area contributed by atoms with E-state index in [0.717, 1.165) is 60.6 Å². The van der Waals surface area contributed by atoms with Crippen LogP contribution in [0.3, 0.4) is 0 Å². The number of amides is 4. The Labute approximate surface area is 431 Å². The molecule has 0 bridgehead atoms. The number of aliphatic hydroxyl groups is 1. The van der Waals surface area contributed by atoms with Crippen molar-refractivity contribution in [3.63, 3.8) is 0 Å². The fourth-order valence-corrected chi connectivity index (χ4v) is 9.34. The van der Waals surface area contributed by atoms with Crippen molar-refractivity contribution >= 4 is 42.4 Å². The predicted octanol–water partition coefficient (Wildman–Crippen LogP) is 11.0. The summed E-state index contributed by atoms with van der Waals surface area (Å²) in [7, 11) is -4.76. The molecule has 15 nitrogen and oxygen atoms in total. The number of rotatable bonds is 43. The maximum atomic E-state index is 13.4. The average molecular weight is 1030 g/mol. The van der Waals surface area contributed by atoms with Crippen molar-refractivity contribution in [2.45, 2.75) is 213 Å². The maximum absolute atomic E-state index is 13.4. The van der Waals surface area contributed by atoms with E-state index in [9.17, 15) is 33.7 Å². The van der Waals surface area contributed by atoms with E-state index in [1.165, 1.54) is 83.5 Å². The van der Waals surface area contributed by atoms with Gasteiger partial charge in [0.2, 0.25) is 23.6 Å². The summed E-state index contributed by atoms with van der Waals surface area (Å²) in [5, 5.41) is 22.4. The van der Waals surface area contributed by atoms with Gasteiger partial charge in [-0.1, -0.05) is 186 Å². The number of fused-ring (bicyclic) bond motifs is 1. The zero-order valence-corrected chi connectivity index (χ0v) is 45.2. The molecule has 0 aliphatic carbocycles. The molecule has 3 rings (SSSR count). The maximum Gasteiger partial charge on any atom is 0.472 e. The van der Waals surface area contributed by atoms with Crippen LogP contribution in [0.25, 0.3) is 10.9 Å². The zero-order valence-electron chi connectivity index (χ0n) is 44.3. The van der Waals surface area contributed by atoms with Crippen LogP contribution in [0.2, 0.25) is 0 Å². The lowest BCUT2D eigenvalue weighted by atomic mass is 9.98. The fraction of sp³-hybridized carbons (Fsp3) is 0.679. The van der Waals surface area contributed by atoms with Gasteiger partial charge >= 0.3 is 7.82 Å². The number of phosphoric ester groups is 1. The van der Waals surface area contributed by atoms with Crippen LogP contribution in [-0.2, 0) is 45.8 Å². The number of aliphatic hydroxyl groups excluding tert-OH is 1.